The molecule has 130 valence electrons. The number of β-amino-alcohol motifs (C(OH)–C–C–N with tert-alkyl or cyclic N) is 1. The van der Waals surface area contributed by atoms with Crippen molar-refractivity contribution in [1.82, 2.24) is 14.7 Å². The average molecular weight is 464 g/mol. The largest absolute Gasteiger partial charge is 0.390 e. The molecule has 2 amide bonds. The maximum atomic E-state index is 12.5. The van der Waals surface area contributed by atoms with Crippen LogP contribution in [0.2, 0.25) is 5.02 Å². The van der Waals surface area contributed by atoms with Gasteiger partial charge in [-0.15, -0.1) is 0 Å². The third-order valence-electron chi connectivity index (χ3n) is 4.67. The third kappa shape index (κ3) is 3.84. The van der Waals surface area contributed by atoms with E-state index >= 15 is 0 Å². The molecule has 2 aliphatic heterocycles. The smallest absolute Gasteiger partial charge is 0.283 e. The highest BCUT2D eigenvalue weighted by atomic mass is 127. The Morgan fingerprint density at radius 1 is 1.04 bits per heavy atom. The highest BCUT2D eigenvalue weighted by Crippen LogP contribution is 2.21. The fraction of sp³-hybridized carbons (Fsp3) is 0.500. The zero-order chi connectivity index (χ0) is 17.3. The Hall–Kier alpha value is -0.900. The number of aliphatic hydroxyl groups is 1. The Labute approximate surface area is 159 Å². The molecule has 0 bridgehead atoms. The van der Waals surface area contributed by atoms with Gasteiger partial charge < -0.3 is 14.9 Å². The lowest BCUT2D eigenvalue weighted by Crippen LogP contribution is -2.54. The molecular weight excluding hydrogens is 445 g/mol. The number of piperazine rings is 1. The Morgan fingerprint density at radius 3 is 2.21 bits per heavy atom. The molecule has 1 N–H and O–H groups in total. The highest BCUT2D eigenvalue weighted by molar-refractivity contribution is 14.1. The van der Waals surface area contributed by atoms with E-state index in [9.17, 15) is 14.7 Å². The van der Waals surface area contributed by atoms with Crippen LogP contribution >= 0.6 is 34.2 Å². The summed E-state index contributed by atoms with van der Waals surface area (Å²) in [5.41, 5.74) is 0.635. The maximum absolute atomic E-state index is 12.5. The summed E-state index contributed by atoms with van der Waals surface area (Å²) in [7, 11) is 0. The van der Waals surface area contributed by atoms with Crippen molar-refractivity contribution in [2.24, 2.45) is 0 Å². The number of likely N-dealkylation sites (tertiary alicyclic amines) is 1. The Bertz CT molecular complexity index is 619. The topological polar surface area (TPSA) is 64.1 Å². The number of benzene rings is 1. The summed E-state index contributed by atoms with van der Waals surface area (Å²) in [6, 6.07) is 6.87. The van der Waals surface area contributed by atoms with Crippen molar-refractivity contribution in [3.8, 4) is 0 Å². The van der Waals surface area contributed by atoms with Gasteiger partial charge >= 0.3 is 0 Å². The van der Waals surface area contributed by atoms with E-state index < -0.39 is 6.10 Å². The molecule has 0 saturated carbocycles. The van der Waals surface area contributed by atoms with Gasteiger partial charge in [0.1, 0.15) is 0 Å². The fourth-order valence-corrected chi connectivity index (χ4v) is 3.82. The van der Waals surface area contributed by atoms with Crippen molar-refractivity contribution in [3.63, 3.8) is 0 Å². The van der Waals surface area contributed by atoms with E-state index in [-0.39, 0.29) is 15.9 Å². The van der Waals surface area contributed by atoms with Crippen molar-refractivity contribution < 1.29 is 14.7 Å². The van der Waals surface area contributed by atoms with Crippen LogP contribution in [0.25, 0.3) is 0 Å². The van der Waals surface area contributed by atoms with E-state index in [2.05, 4.69) is 4.90 Å². The number of carbonyl (C=O) groups is 2. The van der Waals surface area contributed by atoms with Gasteiger partial charge in [-0.3, -0.25) is 14.5 Å². The molecule has 0 spiro atoms. The number of halogens is 2. The van der Waals surface area contributed by atoms with Crippen molar-refractivity contribution in [3.05, 3.63) is 34.9 Å². The van der Waals surface area contributed by atoms with Crippen molar-refractivity contribution in [2.75, 3.05) is 39.3 Å². The van der Waals surface area contributed by atoms with E-state index in [0.717, 1.165) is 0 Å². The van der Waals surface area contributed by atoms with Crippen molar-refractivity contribution in [1.29, 1.82) is 0 Å². The van der Waals surface area contributed by atoms with Crippen LogP contribution in [0.1, 0.15) is 10.4 Å². The fourth-order valence-electron chi connectivity index (χ4n) is 3.30. The minimum absolute atomic E-state index is 0.00218. The van der Waals surface area contributed by atoms with Crippen LogP contribution in [0.15, 0.2) is 24.3 Å². The van der Waals surface area contributed by atoms with Gasteiger partial charge in [-0.05, 0) is 24.3 Å². The number of rotatable bonds is 2. The van der Waals surface area contributed by atoms with E-state index in [4.69, 9.17) is 11.6 Å². The first-order chi connectivity index (χ1) is 11.5. The second-order valence-corrected chi connectivity index (χ2v) is 7.49. The van der Waals surface area contributed by atoms with Gasteiger partial charge in [0, 0.05) is 72.4 Å². The summed E-state index contributed by atoms with van der Waals surface area (Å²) in [6.07, 6.45) is -0.526. The summed E-state index contributed by atoms with van der Waals surface area (Å²) in [5, 5.41) is 10.8. The standard InChI is InChI=1S/C16H19ClIN3O3/c17-12-3-1-11(2-4-12)15(23)20-7-5-19(6-8-20)13-9-21(16(18)24)10-14(13)22/h1-4,13-14,22H,5-10H2/t13-,14-/m1/s1. The van der Waals surface area contributed by atoms with Crippen LogP contribution in [-0.2, 0) is 0 Å². The van der Waals surface area contributed by atoms with E-state index in [1.165, 1.54) is 0 Å². The molecule has 0 unspecified atom stereocenters. The Balaban J connectivity index is 1.57. The van der Waals surface area contributed by atoms with Crippen molar-refractivity contribution >= 4 is 44.0 Å². The molecule has 8 heteroatoms. The first kappa shape index (κ1) is 17.9. The molecule has 24 heavy (non-hydrogen) atoms. The van der Waals surface area contributed by atoms with Gasteiger partial charge in [-0.1, -0.05) is 11.6 Å². The predicted octanol–water partition coefficient (Wildman–Crippen LogP) is 1.70. The predicted molar refractivity (Wildman–Crippen MR) is 99.7 cm³/mol. The zero-order valence-electron chi connectivity index (χ0n) is 13.1. The lowest BCUT2D eigenvalue weighted by molar-refractivity contribution is 0.0376. The summed E-state index contributed by atoms with van der Waals surface area (Å²) >= 11 is 7.61. The first-order valence-corrected chi connectivity index (χ1v) is 9.33. The monoisotopic (exact) mass is 463 g/mol. The quantitative estimate of drug-likeness (QED) is 0.412. The molecule has 1 aromatic rings. The van der Waals surface area contributed by atoms with E-state index in [1.54, 1.807) is 51.8 Å². The number of nitrogens with zero attached hydrogens (tertiary/aromatic N) is 3. The molecule has 2 fully saturated rings. The van der Waals surface area contributed by atoms with Crippen LogP contribution < -0.4 is 0 Å². The summed E-state index contributed by atoms with van der Waals surface area (Å²) < 4.78 is -0.0364. The number of hydrogen-bond acceptors (Lipinski definition) is 4. The van der Waals surface area contributed by atoms with Crippen molar-refractivity contribution in [2.45, 2.75) is 12.1 Å². The molecule has 0 radical (unpaired) electrons. The van der Waals surface area contributed by atoms with Gasteiger partial charge in [0.25, 0.3) is 9.82 Å². The van der Waals surface area contributed by atoms with Crippen LogP contribution in [0.3, 0.4) is 0 Å². The minimum atomic E-state index is -0.526. The van der Waals surface area contributed by atoms with Gasteiger partial charge in [-0.2, -0.15) is 0 Å². The molecule has 6 nitrogen and oxygen atoms in total. The third-order valence-corrected chi connectivity index (χ3v) is 5.60. The number of hydrogen-bond donors (Lipinski definition) is 1. The van der Waals surface area contributed by atoms with Crippen LogP contribution in [0.4, 0.5) is 4.79 Å². The molecule has 0 aliphatic carbocycles. The first-order valence-electron chi connectivity index (χ1n) is 7.87. The number of aliphatic hydroxyl groups excluding tert-OH is 1. The Morgan fingerprint density at radius 2 is 1.67 bits per heavy atom. The molecule has 1 aromatic carbocycles. The van der Waals surface area contributed by atoms with E-state index in [1.807, 2.05) is 4.90 Å². The second-order valence-electron chi connectivity index (χ2n) is 6.13. The van der Waals surface area contributed by atoms with Gasteiger partial charge in [0.05, 0.1) is 12.1 Å². The van der Waals surface area contributed by atoms with Gasteiger partial charge in [-0.25, -0.2) is 0 Å². The van der Waals surface area contributed by atoms with Crippen LogP contribution in [-0.4, -0.2) is 81.0 Å². The number of carbonyl (C=O) groups excluding carboxylic acids is 2. The Kier molecular flexibility index (Phi) is 5.63. The van der Waals surface area contributed by atoms with Gasteiger partial charge in [0.15, 0.2) is 0 Å². The summed E-state index contributed by atoms with van der Waals surface area (Å²) in [4.78, 5) is 29.6. The summed E-state index contributed by atoms with van der Waals surface area (Å²) in [5.74, 6) is 0.00218. The zero-order valence-corrected chi connectivity index (χ0v) is 16.0. The average Bonchev–Trinajstić information content (AvgIpc) is 2.97. The van der Waals surface area contributed by atoms with E-state index in [0.29, 0.717) is 49.9 Å². The lowest BCUT2D eigenvalue weighted by Gasteiger charge is -2.38. The SMILES string of the molecule is O=C(I)N1C[C@@H](O)[C@H](N2CCN(C(=O)c3ccc(Cl)cc3)CC2)C1. The molecular formula is C16H19ClIN3O3. The van der Waals surface area contributed by atoms with Crippen LogP contribution in [0, 0.1) is 0 Å². The molecule has 2 atom stereocenters. The molecule has 2 heterocycles. The lowest BCUT2D eigenvalue weighted by atomic mass is 10.1. The summed E-state index contributed by atoms with van der Waals surface area (Å²) in [6.45, 7) is 3.56. The molecule has 3 rings (SSSR count). The normalized spacial score (nSPS) is 25.1. The molecule has 2 aliphatic rings. The second kappa shape index (κ2) is 7.55. The minimum Gasteiger partial charge on any atom is -0.390 e. The van der Waals surface area contributed by atoms with Crippen LogP contribution in [0.5, 0.6) is 0 Å². The highest BCUT2D eigenvalue weighted by Gasteiger charge is 2.38. The maximum Gasteiger partial charge on any atom is 0.283 e. The number of amides is 2. The molecule has 2 saturated heterocycles. The molecule has 0 aromatic heterocycles. The van der Waals surface area contributed by atoms with Gasteiger partial charge in [0.2, 0.25) is 0 Å².